The highest BCUT2D eigenvalue weighted by Crippen LogP contribution is 2.22. The number of rotatable bonds is 3. The fourth-order valence-electron chi connectivity index (χ4n) is 2.37. The molecule has 8 nitrogen and oxygen atoms in total. The molecular weight excluding hydrogens is 344 g/mol. The number of aromatic amines is 2. The van der Waals surface area contributed by atoms with Crippen LogP contribution in [0.25, 0.3) is 11.0 Å². The molecule has 9 heteroatoms. The molecule has 25 heavy (non-hydrogen) atoms. The van der Waals surface area contributed by atoms with Crippen molar-refractivity contribution in [2.24, 2.45) is 0 Å². The minimum atomic E-state index is -3.92. The van der Waals surface area contributed by atoms with Crippen LogP contribution in [-0.4, -0.2) is 18.4 Å². The molecule has 0 bridgehead atoms. The van der Waals surface area contributed by atoms with E-state index < -0.39 is 21.1 Å². The van der Waals surface area contributed by atoms with Crippen molar-refractivity contribution in [2.75, 3.05) is 4.72 Å². The molecule has 0 aliphatic heterocycles. The number of anilines is 1. The first-order valence-electron chi connectivity index (χ1n) is 7.10. The van der Waals surface area contributed by atoms with Crippen LogP contribution >= 0.6 is 0 Å². The maximum Gasteiger partial charge on any atom is 0.314 e. The van der Waals surface area contributed by atoms with Crippen molar-refractivity contribution in [1.82, 2.24) is 9.97 Å². The van der Waals surface area contributed by atoms with E-state index in [1.165, 1.54) is 36.4 Å². The first kappa shape index (κ1) is 16.5. The van der Waals surface area contributed by atoms with Crippen molar-refractivity contribution in [1.29, 1.82) is 5.26 Å². The van der Waals surface area contributed by atoms with E-state index in [2.05, 4.69) is 14.7 Å². The Morgan fingerprint density at radius 3 is 2.12 bits per heavy atom. The number of nitrogens with zero attached hydrogens (tertiary/aromatic N) is 1. The maximum atomic E-state index is 12.6. The molecule has 2 aromatic carbocycles. The number of aryl methyl sites for hydroxylation is 1. The quantitative estimate of drug-likeness (QED) is 0.606. The molecule has 0 spiro atoms. The van der Waals surface area contributed by atoms with Crippen molar-refractivity contribution in [3.63, 3.8) is 0 Å². The second-order valence-electron chi connectivity index (χ2n) is 5.37. The zero-order chi connectivity index (χ0) is 18.2. The summed E-state index contributed by atoms with van der Waals surface area (Å²) in [6.07, 6.45) is 0. The Morgan fingerprint density at radius 2 is 1.56 bits per heavy atom. The summed E-state index contributed by atoms with van der Waals surface area (Å²) in [4.78, 5) is 27.5. The number of hydrogen-bond donors (Lipinski definition) is 3. The summed E-state index contributed by atoms with van der Waals surface area (Å²) in [6, 6.07) is 10.6. The van der Waals surface area contributed by atoms with E-state index in [1.54, 1.807) is 6.92 Å². The molecule has 0 unspecified atom stereocenters. The number of benzene rings is 2. The lowest BCUT2D eigenvalue weighted by molar-refractivity contribution is 0.600. The van der Waals surface area contributed by atoms with Gasteiger partial charge in [-0.1, -0.05) is 0 Å². The van der Waals surface area contributed by atoms with Gasteiger partial charge >= 0.3 is 11.1 Å². The average Bonchev–Trinajstić information content (AvgIpc) is 2.56. The van der Waals surface area contributed by atoms with E-state index in [1.807, 2.05) is 6.07 Å². The molecule has 3 N–H and O–H groups in total. The molecule has 0 fully saturated rings. The molecule has 3 aromatic rings. The molecule has 0 aliphatic carbocycles. The van der Waals surface area contributed by atoms with Crippen LogP contribution in [0.5, 0.6) is 0 Å². The third kappa shape index (κ3) is 3.15. The van der Waals surface area contributed by atoms with E-state index in [0.29, 0.717) is 22.3 Å². The first-order chi connectivity index (χ1) is 11.8. The molecule has 126 valence electrons. The topological polar surface area (TPSA) is 136 Å². The van der Waals surface area contributed by atoms with Gasteiger partial charge in [0.15, 0.2) is 0 Å². The van der Waals surface area contributed by atoms with Crippen molar-refractivity contribution < 1.29 is 8.42 Å². The lowest BCUT2D eigenvalue weighted by atomic mass is 10.2. The van der Waals surface area contributed by atoms with Gasteiger partial charge in [0, 0.05) is 5.69 Å². The van der Waals surface area contributed by atoms with Gasteiger partial charge in [-0.3, -0.25) is 14.3 Å². The summed E-state index contributed by atoms with van der Waals surface area (Å²) >= 11 is 0. The van der Waals surface area contributed by atoms with Crippen molar-refractivity contribution in [3.8, 4) is 6.07 Å². The van der Waals surface area contributed by atoms with Crippen LogP contribution in [0.4, 0.5) is 5.69 Å². The van der Waals surface area contributed by atoms with Gasteiger partial charge < -0.3 is 9.97 Å². The third-order valence-corrected chi connectivity index (χ3v) is 5.10. The van der Waals surface area contributed by atoms with E-state index in [0.717, 1.165) is 0 Å². The highest BCUT2D eigenvalue weighted by molar-refractivity contribution is 7.92. The molecule has 3 rings (SSSR count). The van der Waals surface area contributed by atoms with Crippen LogP contribution in [0, 0.1) is 18.3 Å². The van der Waals surface area contributed by atoms with Gasteiger partial charge in [0.05, 0.1) is 27.6 Å². The second kappa shape index (κ2) is 5.92. The Bertz CT molecular complexity index is 1230. The molecule has 0 amide bonds. The normalized spacial score (nSPS) is 11.2. The van der Waals surface area contributed by atoms with Crippen LogP contribution in [0.1, 0.15) is 11.1 Å². The number of nitriles is 1. The third-order valence-electron chi connectivity index (χ3n) is 3.57. The molecule has 0 atom stereocenters. The van der Waals surface area contributed by atoms with Crippen LogP contribution in [0.15, 0.2) is 50.9 Å². The number of hydrogen-bond acceptors (Lipinski definition) is 5. The number of nitrogens with one attached hydrogen (secondary N) is 3. The molecular formula is C16H12N4O4S. The monoisotopic (exact) mass is 356 g/mol. The van der Waals surface area contributed by atoms with Gasteiger partial charge in [0.2, 0.25) is 0 Å². The SMILES string of the molecule is Cc1cc2[nH]c(=O)c(=O)[nH]c2cc1S(=O)(=O)Nc1ccc(C#N)cc1. The van der Waals surface area contributed by atoms with Gasteiger partial charge in [-0.05, 0) is 48.9 Å². The average molecular weight is 356 g/mol. The summed E-state index contributed by atoms with van der Waals surface area (Å²) in [7, 11) is -3.92. The van der Waals surface area contributed by atoms with Gasteiger partial charge in [-0.15, -0.1) is 0 Å². The van der Waals surface area contributed by atoms with Crippen molar-refractivity contribution in [2.45, 2.75) is 11.8 Å². The summed E-state index contributed by atoms with van der Waals surface area (Å²) in [5.74, 6) is 0. The van der Waals surface area contributed by atoms with Crippen molar-refractivity contribution in [3.05, 3.63) is 68.2 Å². The van der Waals surface area contributed by atoms with Gasteiger partial charge in [-0.25, -0.2) is 8.42 Å². The molecule has 1 aromatic heterocycles. The molecule has 1 heterocycles. The van der Waals surface area contributed by atoms with E-state index in [-0.39, 0.29) is 10.4 Å². The lowest BCUT2D eigenvalue weighted by Crippen LogP contribution is -2.29. The zero-order valence-corrected chi connectivity index (χ0v) is 13.8. The van der Waals surface area contributed by atoms with Crippen LogP contribution < -0.4 is 15.8 Å². The Hall–Kier alpha value is -3.38. The summed E-state index contributed by atoms with van der Waals surface area (Å²) in [6.45, 7) is 1.58. The van der Waals surface area contributed by atoms with Crippen LogP contribution in [0.2, 0.25) is 0 Å². The highest BCUT2D eigenvalue weighted by atomic mass is 32.2. The number of aromatic nitrogens is 2. The van der Waals surface area contributed by atoms with Crippen LogP contribution in [0.3, 0.4) is 0 Å². The smallest absolute Gasteiger partial charge is 0.314 e. The largest absolute Gasteiger partial charge is 0.316 e. The summed E-state index contributed by atoms with van der Waals surface area (Å²) in [5.41, 5.74) is -0.0241. The predicted molar refractivity (Wildman–Crippen MR) is 91.9 cm³/mol. The lowest BCUT2D eigenvalue weighted by Gasteiger charge is -2.11. The minimum Gasteiger partial charge on any atom is -0.316 e. The fourth-order valence-corrected chi connectivity index (χ4v) is 3.68. The first-order valence-corrected chi connectivity index (χ1v) is 8.58. The predicted octanol–water partition coefficient (Wildman–Crippen LogP) is 1.20. The van der Waals surface area contributed by atoms with E-state index in [9.17, 15) is 18.0 Å². The van der Waals surface area contributed by atoms with Gasteiger partial charge in [0.25, 0.3) is 10.0 Å². The Balaban J connectivity index is 2.08. The van der Waals surface area contributed by atoms with Gasteiger partial charge in [0.1, 0.15) is 0 Å². The van der Waals surface area contributed by atoms with Crippen molar-refractivity contribution >= 4 is 26.7 Å². The molecule has 0 saturated heterocycles. The zero-order valence-electron chi connectivity index (χ0n) is 13.0. The number of H-pyrrole nitrogens is 2. The van der Waals surface area contributed by atoms with Gasteiger partial charge in [-0.2, -0.15) is 5.26 Å². The van der Waals surface area contributed by atoms with E-state index >= 15 is 0 Å². The number of fused-ring (bicyclic) bond motifs is 1. The summed E-state index contributed by atoms with van der Waals surface area (Å²) in [5, 5.41) is 8.78. The Morgan fingerprint density at radius 1 is 1.00 bits per heavy atom. The maximum absolute atomic E-state index is 12.6. The standard InChI is InChI=1S/C16H12N4O4S/c1-9-6-12-13(19-16(22)15(21)18-12)7-14(9)25(23,24)20-11-4-2-10(8-17)3-5-11/h2-7,20H,1H3,(H,18,21)(H,19,22). The molecule has 0 radical (unpaired) electrons. The highest BCUT2D eigenvalue weighted by Gasteiger charge is 2.18. The molecule has 0 saturated carbocycles. The molecule has 0 aliphatic rings. The minimum absolute atomic E-state index is 0.0351. The fraction of sp³-hybridized carbons (Fsp3) is 0.0625. The Labute approximate surface area is 141 Å². The second-order valence-corrected chi connectivity index (χ2v) is 7.02. The van der Waals surface area contributed by atoms with E-state index in [4.69, 9.17) is 5.26 Å². The number of sulfonamides is 1. The Kier molecular flexibility index (Phi) is 3.90. The summed E-state index contributed by atoms with van der Waals surface area (Å²) < 4.78 is 27.7. The van der Waals surface area contributed by atoms with Crippen LogP contribution in [-0.2, 0) is 10.0 Å².